The molecule has 2 nitrogen and oxygen atoms in total. The van der Waals surface area contributed by atoms with Crippen molar-refractivity contribution in [3.8, 4) is 11.5 Å². The molecule has 88 valence electrons. The molecule has 0 radical (unpaired) electrons. The highest BCUT2D eigenvalue weighted by Gasteiger charge is 2.11. The van der Waals surface area contributed by atoms with Crippen LogP contribution in [-0.2, 0) is 0 Å². The summed E-state index contributed by atoms with van der Waals surface area (Å²) in [4.78, 5) is 0. The van der Waals surface area contributed by atoms with E-state index < -0.39 is 11.6 Å². The van der Waals surface area contributed by atoms with E-state index in [0.717, 1.165) is 6.07 Å². The number of benzene rings is 2. The first kappa shape index (κ1) is 11.7. The van der Waals surface area contributed by atoms with Crippen LogP contribution in [0.15, 0.2) is 36.4 Å². The van der Waals surface area contributed by atoms with E-state index in [-0.39, 0.29) is 17.2 Å². The number of nitrogen functional groups attached to an aromatic ring is 1. The van der Waals surface area contributed by atoms with Gasteiger partial charge in [0, 0.05) is 11.1 Å². The van der Waals surface area contributed by atoms with Gasteiger partial charge in [0.05, 0.1) is 5.69 Å². The molecule has 2 rings (SSSR count). The largest absolute Gasteiger partial charge is 0.452 e. The van der Waals surface area contributed by atoms with Gasteiger partial charge in [0.2, 0.25) is 5.82 Å². The van der Waals surface area contributed by atoms with Gasteiger partial charge in [-0.2, -0.15) is 4.39 Å². The van der Waals surface area contributed by atoms with Crippen molar-refractivity contribution in [2.45, 2.75) is 0 Å². The molecule has 0 aliphatic heterocycles. The fraction of sp³-hybridized carbons (Fsp3) is 0. The maximum Gasteiger partial charge on any atom is 0.201 e. The maximum atomic E-state index is 13.3. The molecule has 0 atom stereocenters. The third-order valence-electron chi connectivity index (χ3n) is 2.11. The molecule has 2 aromatic rings. The summed E-state index contributed by atoms with van der Waals surface area (Å²) in [5.74, 6) is -2.10. The van der Waals surface area contributed by atoms with Crippen LogP contribution in [0.25, 0.3) is 0 Å². The van der Waals surface area contributed by atoms with Gasteiger partial charge in [-0.1, -0.05) is 17.7 Å². The lowest BCUT2D eigenvalue weighted by molar-refractivity contribution is 0.417. The fourth-order valence-corrected chi connectivity index (χ4v) is 1.44. The molecule has 0 unspecified atom stereocenters. The summed E-state index contributed by atoms with van der Waals surface area (Å²) in [6, 6.07) is 8.18. The normalized spacial score (nSPS) is 10.3. The Labute approximate surface area is 102 Å². The van der Waals surface area contributed by atoms with E-state index in [1.807, 2.05) is 0 Å². The molecular formula is C12H8ClF2NO. The van der Waals surface area contributed by atoms with Crippen LogP contribution in [0.5, 0.6) is 11.5 Å². The van der Waals surface area contributed by atoms with E-state index >= 15 is 0 Å². The highest BCUT2D eigenvalue weighted by Crippen LogP contribution is 2.31. The molecular weight excluding hydrogens is 248 g/mol. The van der Waals surface area contributed by atoms with Gasteiger partial charge in [0.15, 0.2) is 17.3 Å². The molecule has 0 aliphatic rings. The van der Waals surface area contributed by atoms with Crippen LogP contribution in [0, 0.1) is 11.6 Å². The Morgan fingerprint density at radius 3 is 2.59 bits per heavy atom. The number of anilines is 1. The van der Waals surface area contributed by atoms with Crippen LogP contribution < -0.4 is 10.5 Å². The van der Waals surface area contributed by atoms with E-state index in [1.54, 1.807) is 6.07 Å². The number of rotatable bonds is 2. The Balaban J connectivity index is 2.38. The molecule has 2 N–H and O–H groups in total. The van der Waals surface area contributed by atoms with E-state index in [4.69, 9.17) is 22.1 Å². The number of nitrogens with two attached hydrogens (primary N) is 1. The first-order valence-corrected chi connectivity index (χ1v) is 5.12. The van der Waals surface area contributed by atoms with Crippen molar-refractivity contribution in [1.82, 2.24) is 0 Å². The highest BCUT2D eigenvalue weighted by molar-refractivity contribution is 6.30. The van der Waals surface area contributed by atoms with Crippen LogP contribution in [0.4, 0.5) is 14.5 Å². The Bertz CT molecular complexity index is 560. The average Bonchev–Trinajstić information content (AvgIpc) is 2.30. The lowest BCUT2D eigenvalue weighted by Crippen LogP contribution is -1.95. The van der Waals surface area contributed by atoms with Crippen LogP contribution >= 0.6 is 11.6 Å². The summed E-state index contributed by atoms with van der Waals surface area (Å²) in [5.41, 5.74) is 5.92. The standard InChI is InChI=1S/C12H8ClF2NO/c13-7-4-5-9(16)11(6-7)17-10-3-1-2-8(14)12(10)15/h1-6H,16H2. The van der Waals surface area contributed by atoms with Crippen molar-refractivity contribution in [2.75, 3.05) is 5.73 Å². The van der Waals surface area contributed by atoms with Crippen molar-refractivity contribution < 1.29 is 13.5 Å². The van der Waals surface area contributed by atoms with Crippen LogP contribution in [-0.4, -0.2) is 0 Å². The highest BCUT2D eigenvalue weighted by atomic mass is 35.5. The van der Waals surface area contributed by atoms with Gasteiger partial charge in [-0.3, -0.25) is 0 Å². The summed E-state index contributed by atoms with van der Waals surface area (Å²) >= 11 is 5.75. The zero-order chi connectivity index (χ0) is 12.4. The second kappa shape index (κ2) is 4.59. The second-order valence-electron chi connectivity index (χ2n) is 3.34. The van der Waals surface area contributed by atoms with Crippen LogP contribution in [0.2, 0.25) is 5.02 Å². The average molecular weight is 256 g/mol. The van der Waals surface area contributed by atoms with Crippen molar-refractivity contribution in [1.29, 1.82) is 0 Å². The molecule has 0 heterocycles. The van der Waals surface area contributed by atoms with Crippen LogP contribution in [0.3, 0.4) is 0 Å². The first-order valence-electron chi connectivity index (χ1n) is 4.75. The summed E-state index contributed by atoms with van der Waals surface area (Å²) in [6.07, 6.45) is 0. The SMILES string of the molecule is Nc1ccc(Cl)cc1Oc1cccc(F)c1F. The van der Waals surface area contributed by atoms with Crippen molar-refractivity contribution >= 4 is 17.3 Å². The summed E-state index contributed by atoms with van der Waals surface area (Å²) in [7, 11) is 0. The Morgan fingerprint density at radius 1 is 1.06 bits per heavy atom. The smallest absolute Gasteiger partial charge is 0.201 e. The van der Waals surface area contributed by atoms with Gasteiger partial charge in [0.25, 0.3) is 0 Å². The first-order chi connectivity index (χ1) is 8.08. The second-order valence-corrected chi connectivity index (χ2v) is 3.77. The number of ether oxygens (including phenoxy) is 1. The zero-order valence-corrected chi connectivity index (χ0v) is 9.34. The lowest BCUT2D eigenvalue weighted by atomic mass is 10.3. The minimum Gasteiger partial charge on any atom is -0.452 e. The van der Waals surface area contributed by atoms with E-state index in [2.05, 4.69) is 0 Å². The quantitative estimate of drug-likeness (QED) is 0.824. The molecule has 0 aromatic heterocycles. The lowest BCUT2D eigenvalue weighted by Gasteiger charge is -2.09. The number of hydrogen-bond donors (Lipinski definition) is 1. The Hall–Kier alpha value is -1.81. The molecule has 0 bridgehead atoms. The summed E-state index contributed by atoms with van der Waals surface area (Å²) in [5, 5.41) is 0.394. The van der Waals surface area contributed by atoms with Gasteiger partial charge in [-0.15, -0.1) is 0 Å². The van der Waals surface area contributed by atoms with Gasteiger partial charge in [0.1, 0.15) is 0 Å². The van der Waals surface area contributed by atoms with E-state index in [9.17, 15) is 8.78 Å². The van der Waals surface area contributed by atoms with Crippen molar-refractivity contribution in [3.05, 3.63) is 53.1 Å². The maximum absolute atomic E-state index is 13.3. The summed E-state index contributed by atoms with van der Waals surface area (Å²) in [6.45, 7) is 0. The van der Waals surface area contributed by atoms with Crippen LogP contribution in [0.1, 0.15) is 0 Å². The van der Waals surface area contributed by atoms with Crippen molar-refractivity contribution in [2.24, 2.45) is 0 Å². The van der Waals surface area contributed by atoms with Gasteiger partial charge in [-0.25, -0.2) is 4.39 Å². The van der Waals surface area contributed by atoms with E-state index in [1.165, 1.54) is 24.3 Å². The third kappa shape index (κ3) is 2.47. The number of halogens is 3. The molecule has 5 heteroatoms. The third-order valence-corrected chi connectivity index (χ3v) is 2.35. The minimum atomic E-state index is -1.06. The molecule has 17 heavy (non-hydrogen) atoms. The predicted molar refractivity (Wildman–Crippen MR) is 62.3 cm³/mol. The molecule has 0 saturated carbocycles. The zero-order valence-electron chi connectivity index (χ0n) is 8.58. The van der Waals surface area contributed by atoms with Gasteiger partial charge < -0.3 is 10.5 Å². The molecule has 0 fully saturated rings. The van der Waals surface area contributed by atoms with Crippen molar-refractivity contribution in [3.63, 3.8) is 0 Å². The predicted octanol–water partition coefficient (Wildman–Crippen LogP) is 3.99. The molecule has 0 aliphatic carbocycles. The minimum absolute atomic E-state index is 0.182. The summed E-state index contributed by atoms with van der Waals surface area (Å²) < 4.78 is 31.5. The molecule has 2 aromatic carbocycles. The Morgan fingerprint density at radius 2 is 1.82 bits per heavy atom. The Kier molecular flexibility index (Phi) is 3.15. The number of hydrogen-bond acceptors (Lipinski definition) is 2. The molecule has 0 spiro atoms. The fourth-order valence-electron chi connectivity index (χ4n) is 1.28. The monoisotopic (exact) mass is 255 g/mol. The molecule has 0 amide bonds. The van der Waals surface area contributed by atoms with Gasteiger partial charge in [-0.05, 0) is 24.3 Å². The topological polar surface area (TPSA) is 35.2 Å². The molecule has 0 saturated heterocycles. The van der Waals surface area contributed by atoms with Gasteiger partial charge >= 0.3 is 0 Å². The van der Waals surface area contributed by atoms with E-state index in [0.29, 0.717) is 5.02 Å².